The summed E-state index contributed by atoms with van der Waals surface area (Å²) in [4.78, 5) is 25.5. The van der Waals surface area contributed by atoms with E-state index >= 15 is 0 Å². The third-order valence-electron chi connectivity index (χ3n) is 3.85. The maximum atomic E-state index is 12.8. The van der Waals surface area contributed by atoms with Crippen molar-refractivity contribution in [3.8, 4) is 0 Å². The van der Waals surface area contributed by atoms with Gasteiger partial charge in [0.2, 0.25) is 0 Å². The van der Waals surface area contributed by atoms with Gasteiger partial charge >= 0.3 is 0 Å². The van der Waals surface area contributed by atoms with Crippen molar-refractivity contribution in [3.05, 3.63) is 81.9 Å². The molecule has 0 radical (unpaired) electrons. The first-order chi connectivity index (χ1) is 11.6. The number of nitrogens with one attached hydrogen (secondary N) is 1. The van der Waals surface area contributed by atoms with E-state index in [9.17, 15) is 14.9 Å². The average Bonchev–Trinajstić information content (AvgIpc) is 2.62. The number of rotatable bonds is 9. The first-order valence-electron chi connectivity index (χ1n) is 7.87. The lowest BCUT2D eigenvalue weighted by molar-refractivity contribution is -0.544. The van der Waals surface area contributed by atoms with Gasteiger partial charge in [0, 0.05) is 12.1 Å². The molecular weight excluding hydrogens is 306 g/mol. The van der Waals surface area contributed by atoms with Crippen molar-refractivity contribution in [2.24, 2.45) is 0 Å². The van der Waals surface area contributed by atoms with Gasteiger partial charge < -0.3 is 0 Å². The molecule has 2 rings (SSSR count). The van der Waals surface area contributed by atoms with Crippen LogP contribution in [0, 0.1) is 10.1 Å². The van der Waals surface area contributed by atoms with Crippen LogP contribution < -0.4 is 5.43 Å². The van der Waals surface area contributed by atoms with Crippen LogP contribution in [-0.4, -0.2) is 34.8 Å². The molecule has 1 unspecified atom stereocenters. The normalized spacial score (nSPS) is 11.9. The third-order valence-corrected chi connectivity index (χ3v) is 3.85. The van der Waals surface area contributed by atoms with Gasteiger partial charge in [-0.2, -0.15) is 0 Å². The molecule has 0 fully saturated rings. The van der Waals surface area contributed by atoms with Crippen LogP contribution in [0.4, 0.5) is 0 Å². The smallest absolute Gasteiger partial charge is 0.181 e. The monoisotopic (exact) mass is 327 g/mol. The highest BCUT2D eigenvalue weighted by Crippen LogP contribution is 2.13. The first-order valence-corrected chi connectivity index (χ1v) is 7.87. The predicted molar refractivity (Wildman–Crippen MR) is 92.1 cm³/mol. The van der Waals surface area contributed by atoms with Crippen molar-refractivity contribution in [1.29, 1.82) is 0 Å². The quantitative estimate of drug-likeness (QED) is 0.435. The standard InChI is InChI=1S/C18H21N3O3/c1-2-20(14-15-9-5-3-6-10-15)17(13-19-21(23)24)18(22)16-11-7-4-8-12-16/h3-12,17,19H,2,13-14H2,1H3. The minimum atomic E-state index is -0.609. The number of carbonyl (C=O) groups is 1. The first kappa shape index (κ1) is 17.6. The Hall–Kier alpha value is -2.73. The van der Waals surface area contributed by atoms with Gasteiger partial charge in [0.25, 0.3) is 0 Å². The van der Waals surface area contributed by atoms with Crippen molar-refractivity contribution in [2.75, 3.05) is 13.1 Å². The molecule has 0 bridgehead atoms. The van der Waals surface area contributed by atoms with Gasteiger partial charge in [-0.3, -0.25) is 9.69 Å². The molecule has 0 spiro atoms. The van der Waals surface area contributed by atoms with Crippen molar-refractivity contribution >= 4 is 5.78 Å². The van der Waals surface area contributed by atoms with Crippen LogP contribution in [0.25, 0.3) is 0 Å². The van der Waals surface area contributed by atoms with E-state index in [1.807, 2.05) is 48.2 Å². The average molecular weight is 327 g/mol. The Bertz CT molecular complexity index is 662. The molecule has 6 heteroatoms. The number of carbonyl (C=O) groups excluding carboxylic acids is 1. The van der Waals surface area contributed by atoms with Crippen molar-refractivity contribution in [1.82, 2.24) is 10.3 Å². The van der Waals surface area contributed by atoms with Gasteiger partial charge in [0.15, 0.2) is 10.8 Å². The number of benzene rings is 2. The minimum Gasteiger partial charge on any atom is -0.292 e. The SMILES string of the molecule is CCN(Cc1ccccc1)C(CN[N+](=O)[O-])C(=O)c1ccccc1. The summed E-state index contributed by atoms with van der Waals surface area (Å²) in [5.41, 5.74) is 3.77. The predicted octanol–water partition coefficient (Wildman–Crippen LogP) is 2.54. The molecule has 0 saturated carbocycles. The molecule has 0 amide bonds. The Balaban J connectivity index is 2.22. The number of hydrazine groups is 1. The highest BCUT2D eigenvalue weighted by Gasteiger charge is 2.27. The summed E-state index contributed by atoms with van der Waals surface area (Å²) in [6, 6.07) is 18.0. The molecule has 0 aliphatic carbocycles. The summed E-state index contributed by atoms with van der Waals surface area (Å²) >= 11 is 0. The van der Waals surface area contributed by atoms with Gasteiger partial charge in [0.05, 0.1) is 12.6 Å². The second-order valence-electron chi connectivity index (χ2n) is 5.41. The van der Waals surface area contributed by atoms with Gasteiger partial charge in [-0.05, 0) is 12.1 Å². The zero-order chi connectivity index (χ0) is 17.4. The van der Waals surface area contributed by atoms with E-state index in [4.69, 9.17) is 0 Å². The molecule has 0 aromatic heterocycles. The van der Waals surface area contributed by atoms with Crippen molar-refractivity contribution in [3.63, 3.8) is 0 Å². The van der Waals surface area contributed by atoms with Gasteiger partial charge in [0.1, 0.15) is 0 Å². The van der Waals surface area contributed by atoms with E-state index in [1.165, 1.54) is 0 Å². The van der Waals surface area contributed by atoms with Gasteiger partial charge in [-0.15, -0.1) is 5.43 Å². The Morgan fingerprint density at radius 1 is 1.12 bits per heavy atom. The molecule has 2 aromatic rings. The van der Waals surface area contributed by atoms with E-state index < -0.39 is 11.1 Å². The summed E-state index contributed by atoms with van der Waals surface area (Å²) < 4.78 is 0. The van der Waals surface area contributed by atoms with Crippen LogP contribution in [0.1, 0.15) is 22.8 Å². The zero-order valence-electron chi connectivity index (χ0n) is 13.6. The molecule has 1 atom stereocenters. The highest BCUT2D eigenvalue weighted by atomic mass is 16.7. The van der Waals surface area contributed by atoms with Crippen LogP contribution in [0.5, 0.6) is 0 Å². The summed E-state index contributed by atoms with van der Waals surface area (Å²) in [6.45, 7) is 3.07. The lowest BCUT2D eigenvalue weighted by atomic mass is 10.0. The van der Waals surface area contributed by atoms with Crippen LogP contribution in [0.3, 0.4) is 0 Å². The lowest BCUT2D eigenvalue weighted by Gasteiger charge is -2.29. The number of ketones is 1. The number of nitrogens with zero attached hydrogens (tertiary/aromatic N) is 2. The van der Waals surface area contributed by atoms with Crippen LogP contribution in [-0.2, 0) is 6.54 Å². The maximum Gasteiger partial charge on any atom is 0.181 e. The maximum absolute atomic E-state index is 12.8. The number of hydrogen-bond acceptors (Lipinski definition) is 4. The summed E-state index contributed by atoms with van der Waals surface area (Å²) in [5.74, 6) is -0.122. The Kier molecular flexibility index (Phi) is 6.45. The Morgan fingerprint density at radius 3 is 2.25 bits per heavy atom. The molecule has 0 aliphatic rings. The minimum absolute atomic E-state index is 0.0403. The molecule has 0 heterocycles. The van der Waals surface area contributed by atoms with Crippen molar-refractivity contribution in [2.45, 2.75) is 19.5 Å². The molecular formula is C18H21N3O3. The molecule has 0 aliphatic heterocycles. The van der Waals surface area contributed by atoms with Crippen LogP contribution in [0.15, 0.2) is 60.7 Å². The fraction of sp³-hybridized carbons (Fsp3) is 0.278. The second-order valence-corrected chi connectivity index (χ2v) is 5.41. The van der Waals surface area contributed by atoms with Crippen LogP contribution >= 0.6 is 0 Å². The van der Waals surface area contributed by atoms with Crippen molar-refractivity contribution < 1.29 is 9.83 Å². The van der Waals surface area contributed by atoms with E-state index in [-0.39, 0.29) is 12.3 Å². The van der Waals surface area contributed by atoms with Gasteiger partial charge in [-0.25, -0.2) is 10.1 Å². The number of likely N-dealkylation sites (N-methyl/N-ethyl adjacent to an activating group) is 1. The summed E-state index contributed by atoms with van der Waals surface area (Å²) in [6.07, 6.45) is 0. The van der Waals surface area contributed by atoms with E-state index in [0.717, 1.165) is 5.56 Å². The largest absolute Gasteiger partial charge is 0.292 e. The highest BCUT2D eigenvalue weighted by molar-refractivity contribution is 6.00. The van der Waals surface area contributed by atoms with E-state index in [1.54, 1.807) is 24.3 Å². The molecule has 1 N–H and O–H groups in total. The number of hydrogen-bond donors (Lipinski definition) is 1. The number of nitro groups is 1. The summed E-state index contributed by atoms with van der Waals surface area (Å²) in [7, 11) is 0. The topological polar surface area (TPSA) is 75.5 Å². The summed E-state index contributed by atoms with van der Waals surface area (Å²) in [5, 5.41) is 10.1. The Morgan fingerprint density at radius 2 is 1.71 bits per heavy atom. The molecule has 126 valence electrons. The molecule has 6 nitrogen and oxygen atoms in total. The second kappa shape index (κ2) is 8.79. The third kappa shape index (κ3) is 4.89. The fourth-order valence-electron chi connectivity index (χ4n) is 2.60. The Labute approximate surface area is 141 Å². The van der Waals surface area contributed by atoms with Crippen LogP contribution in [0.2, 0.25) is 0 Å². The van der Waals surface area contributed by atoms with E-state index in [0.29, 0.717) is 18.7 Å². The molecule has 24 heavy (non-hydrogen) atoms. The zero-order valence-corrected chi connectivity index (χ0v) is 13.6. The van der Waals surface area contributed by atoms with Gasteiger partial charge in [-0.1, -0.05) is 67.6 Å². The molecule has 0 saturated heterocycles. The lowest BCUT2D eigenvalue weighted by Crippen LogP contribution is -2.48. The molecule has 2 aromatic carbocycles. The van der Waals surface area contributed by atoms with E-state index in [2.05, 4.69) is 5.43 Å². The number of Topliss-reactive ketones (excluding diaryl/α,β-unsaturated/α-hetero) is 1. The fourth-order valence-corrected chi connectivity index (χ4v) is 2.60.